The van der Waals surface area contributed by atoms with Crippen molar-refractivity contribution >= 4 is 139 Å². The summed E-state index contributed by atoms with van der Waals surface area (Å²) < 4.78 is 36.4. The minimum Gasteiger partial charge on any atom is -1.00 e. The summed E-state index contributed by atoms with van der Waals surface area (Å²) in [5.74, 6) is -0.0352. The Hall–Kier alpha value is -6.06. The number of ether oxygens (including phenoxy) is 6. The normalized spacial score (nSPS) is 17.8. The molecule has 0 bridgehead atoms. The van der Waals surface area contributed by atoms with Crippen molar-refractivity contribution in [2.24, 2.45) is 23.7 Å². The van der Waals surface area contributed by atoms with Gasteiger partial charge in [-0.2, -0.15) is 11.7 Å². The number of hydrogen-bond acceptors (Lipinski definition) is 20. The molecule has 26 heteroatoms. The number of aliphatic hydroxyl groups is 2. The molecule has 8 aromatic rings. The van der Waals surface area contributed by atoms with Crippen LogP contribution in [0.25, 0.3) is 40.3 Å². The van der Waals surface area contributed by atoms with Crippen molar-refractivity contribution in [3.63, 3.8) is 0 Å². The van der Waals surface area contributed by atoms with E-state index in [1.165, 1.54) is 55.3 Å². The standard InChI is InChI=1S/C24H35NO4S.C19H23NO3S.C19H27NO2S.C13H24N2O4.C8H6S.C5H11O.C2H3N.ClH.Mg/c1-23(2,3)29-22(26)25-14-9-11-19(17-25)24(27,13-7-8-15-28-4)21-16-18-10-5-6-12-20(18)30-21;1-19(2,3)23-18(22)20-10-6-8-14(12-20)17(21)16-11-13-7-4-5-9-15(13)24-16;1-22-12-5-4-10-19(21,16-8-6-11-20-14-16)18-13-15-7-2-3-9-17(15)23-18;1-13(2,3)19-12(17)15-8-6-7-10(9-15)11(16)14(4)18-5;1-2-4-8-7(3-1)5-6-9-8;1-3-4-5-6-2;1-2-3;;/h5-6,10,12,16,19,27H,7-9,11,13-15,17H2,1-4H3;4-5,7,9,11,14H,6,8,10,12H2,1-3H3;2-3,7,9,13,16,20-21H,4-6,8,10-12,14H2,1H3;10H,6-9H2,1-5H3;1-6H;1,3-5H2,2H3;1H3;1H;/q;;;;;-1;;;+2/p-1/t19-,24+;14-;16-,19+;10-;;;;;/m1111...../s1. The Kier molecular flexibility index (Phi) is 45.4. The fraction of sp³-hybridized carbons (Fsp3) is 0.567. The Labute approximate surface area is 729 Å². The van der Waals surface area contributed by atoms with E-state index in [-0.39, 0.29) is 83.2 Å². The number of nitrogens with zero attached hydrogens (tertiary/aromatic N) is 5. The molecule has 4 aliphatic rings. The van der Waals surface area contributed by atoms with Gasteiger partial charge in [0.1, 0.15) is 28.0 Å². The van der Waals surface area contributed by atoms with E-state index < -0.39 is 28.0 Å². The molecule has 116 heavy (non-hydrogen) atoms. The molecule has 3 N–H and O–H groups in total. The number of nitrogens with one attached hydrogen (secondary N) is 1. The topological polar surface area (TPSA) is 239 Å². The molecule has 0 saturated carbocycles. The van der Waals surface area contributed by atoms with Crippen LogP contribution in [-0.4, -0.2) is 207 Å². The maximum atomic E-state index is 12.9. The number of piperidine rings is 4. The zero-order valence-corrected chi connectivity index (χ0v) is 76.9. The Bertz CT molecular complexity index is 4100. The minimum absolute atomic E-state index is 0. The molecule has 4 saturated heterocycles. The number of Topliss-reactive ketones (excluding diaryl/α,β-unsaturated/α-hetero) is 1. The summed E-state index contributed by atoms with van der Waals surface area (Å²) in [6, 6.07) is 43.3. The van der Waals surface area contributed by atoms with E-state index in [4.69, 9.17) is 38.5 Å². The van der Waals surface area contributed by atoms with Crippen LogP contribution in [-0.2, 0) is 49.3 Å². The SMILES string of the molecule is CC#N.CC(C)(C)OC(=O)N1CCC[C@@H](C(=O)c2cc3ccccc3s2)C1.COCCCC[C@@](O)(c1cc2ccccc2s1)[C@@H]1CCCN(C(=O)OC(C)(C)C)C1.COCCCC[C@@](O)(c1cc2ccccc2s1)[C@@H]1CCCNC1.CON(C)C(=O)[C@@H]1CCCN(C(=O)OC(C)(C)C)C1.[CH2-]CCCOC.[Cl-].[Mg+2].c1ccc2sccc2c1. The Morgan fingerprint density at radius 3 is 1.34 bits per heavy atom. The molecule has 4 aromatic carbocycles. The molecule has 0 unspecified atom stereocenters. The predicted molar refractivity (Wildman–Crippen MR) is 471 cm³/mol. The van der Waals surface area contributed by atoms with Crippen molar-refractivity contribution in [3.8, 4) is 6.07 Å². The van der Waals surface area contributed by atoms with Crippen LogP contribution >= 0.6 is 45.3 Å². The van der Waals surface area contributed by atoms with Crippen molar-refractivity contribution < 1.29 is 79.9 Å². The number of carbonyl (C=O) groups is 5. The van der Waals surface area contributed by atoms with E-state index in [1.807, 2.05) is 105 Å². The van der Waals surface area contributed by atoms with Crippen LogP contribution in [0.1, 0.15) is 191 Å². The fourth-order valence-electron chi connectivity index (χ4n) is 14.0. The number of hydrogen-bond donors (Lipinski definition) is 3. The monoisotopic (exact) mass is 1700 g/mol. The summed E-state index contributed by atoms with van der Waals surface area (Å²) in [5.41, 5.74) is -3.23. The number of methoxy groups -OCH3 is 3. The first kappa shape index (κ1) is 102. The van der Waals surface area contributed by atoms with Crippen LogP contribution in [0.4, 0.5) is 14.4 Å². The van der Waals surface area contributed by atoms with E-state index in [1.54, 1.807) is 83.2 Å². The zero-order valence-electron chi connectivity index (χ0n) is 71.5. The van der Waals surface area contributed by atoms with Gasteiger partial charge in [-0.15, -0.1) is 45.3 Å². The zero-order chi connectivity index (χ0) is 83.5. The fourth-order valence-corrected chi connectivity index (χ4v) is 18.4. The van der Waals surface area contributed by atoms with Gasteiger partial charge in [0.05, 0.1) is 24.0 Å². The van der Waals surface area contributed by atoms with E-state index in [2.05, 4.69) is 96.5 Å². The maximum absolute atomic E-state index is 12.9. The number of fused-ring (bicyclic) bond motifs is 4. The molecule has 0 spiro atoms. The van der Waals surface area contributed by atoms with Crippen LogP contribution in [0.15, 0.2) is 127 Å². The summed E-state index contributed by atoms with van der Waals surface area (Å²) in [6.45, 7) is 29.4. The van der Waals surface area contributed by atoms with Crippen molar-refractivity contribution in [1.29, 1.82) is 5.26 Å². The van der Waals surface area contributed by atoms with Crippen LogP contribution in [0.5, 0.6) is 0 Å². The molecular formula is C90H129ClMgN6O14S4. The van der Waals surface area contributed by atoms with Gasteiger partial charge in [0.2, 0.25) is 0 Å². The molecule has 636 valence electrons. The van der Waals surface area contributed by atoms with Crippen LogP contribution in [0.3, 0.4) is 0 Å². The summed E-state index contributed by atoms with van der Waals surface area (Å²) in [5, 5.41) is 42.6. The third-order valence-corrected chi connectivity index (χ3v) is 24.4. The van der Waals surface area contributed by atoms with Gasteiger partial charge in [-0.3, -0.25) is 14.4 Å². The smallest absolute Gasteiger partial charge is 1.00 e. The molecule has 12 rings (SSSR count). The number of ketones is 1. The largest absolute Gasteiger partial charge is 2.00 e. The molecule has 4 aliphatic heterocycles. The number of nitriles is 1. The quantitative estimate of drug-likeness (QED) is 0.0151. The molecule has 8 heterocycles. The van der Waals surface area contributed by atoms with Gasteiger partial charge >= 0.3 is 41.3 Å². The second kappa shape index (κ2) is 51.5. The van der Waals surface area contributed by atoms with Gasteiger partial charge < -0.3 is 78.0 Å². The van der Waals surface area contributed by atoms with E-state index in [0.717, 1.165) is 153 Å². The third kappa shape index (κ3) is 33.5. The first-order chi connectivity index (χ1) is 54.3. The summed E-state index contributed by atoms with van der Waals surface area (Å²) in [7, 11) is 8.18. The summed E-state index contributed by atoms with van der Waals surface area (Å²) in [6.07, 6.45) is 13.6. The number of rotatable bonds is 21. The van der Waals surface area contributed by atoms with Gasteiger partial charge in [-0.05, 0) is 234 Å². The molecule has 4 aromatic heterocycles. The average molecular weight is 1710 g/mol. The van der Waals surface area contributed by atoms with E-state index in [9.17, 15) is 34.2 Å². The molecule has 0 aliphatic carbocycles. The number of amides is 4. The molecule has 0 radical (unpaired) electrons. The third-order valence-electron chi connectivity index (χ3n) is 19.8. The summed E-state index contributed by atoms with van der Waals surface area (Å²) >= 11 is 6.74. The van der Waals surface area contributed by atoms with E-state index in [0.29, 0.717) is 58.2 Å². The number of benzene rings is 4. The average Bonchev–Trinajstić information content (AvgIpc) is 1.61. The van der Waals surface area contributed by atoms with Crippen LogP contribution in [0, 0.1) is 41.9 Å². The van der Waals surface area contributed by atoms with Crippen LogP contribution in [0.2, 0.25) is 0 Å². The van der Waals surface area contributed by atoms with Gasteiger partial charge in [0.15, 0.2) is 5.78 Å². The minimum atomic E-state index is -0.960. The first-order valence-electron chi connectivity index (χ1n) is 40.2. The van der Waals surface area contributed by atoms with E-state index >= 15 is 0 Å². The van der Waals surface area contributed by atoms with Crippen molar-refractivity contribution in [2.75, 3.05) is 108 Å². The predicted octanol–water partition coefficient (Wildman–Crippen LogP) is 17.1. The van der Waals surface area contributed by atoms with Gasteiger partial charge in [0, 0.05) is 147 Å². The van der Waals surface area contributed by atoms with Gasteiger partial charge in [0.25, 0.3) is 5.91 Å². The Morgan fingerprint density at radius 1 is 0.534 bits per heavy atom. The molecule has 4 fully saturated rings. The molecule has 4 amide bonds. The number of hydroxylamine groups is 2. The number of unbranched alkanes of at least 4 members (excludes halogenated alkanes) is 3. The summed E-state index contributed by atoms with van der Waals surface area (Å²) in [4.78, 5) is 74.6. The van der Waals surface area contributed by atoms with Crippen LogP contribution < -0.4 is 17.7 Å². The molecule has 20 nitrogen and oxygen atoms in total. The second-order valence-corrected chi connectivity index (χ2v) is 36.5. The van der Waals surface area contributed by atoms with Crippen molar-refractivity contribution in [3.05, 3.63) is 148 Å². The number of halogens is 1. The Balaban J connectivity index is 0.000000304. The van der Waals surface area contributed by atoms with Gasteiger partial charge in [-0.1, -0.05) is 79.2 Å². The number of likely N-dealkylation sites (tertiary alicyclic amines) is 3. The Morgan fingerprint density at radius 2 is 0.931 bits per heavy atom. The molecular weight excluding hydrogens is 1580 g/mol. The number of thiophene rings is 4. The maximum Gasteiger partial charge on any atom is 2.00 e. The van der Waals surface area contributed by atoms with Crippen molar-refractivity contribution in [2.45, 2.75) is 200 Å². The first-order valence-corrected chi connectivity index (χ1v) is 43.6. The van der Waals surface area contributed by atoms with Crippen molar-refractivity contribution in [1.82, 2.24) is 25.1 Å². The number of carbonyl (C=O) groups excluding carboxylic acids is 5. The van der Waals surface area contributed by atoms with Gasteiger partial charge in [-0.25, -0.2) is 19.4 Å². The molecule has 6 atom stereocenters. The second-order valence-electron chi connectivity index (χ2n) is 32.3.